The van der Waals surface area contributed by atoms with Crippen molar-refractivity contribution in [3.05, 3.63) is 59.2 Å². The largest absolute Gasteiger partial charge is 0.417 e. The highest BCUT2D eigenvalue weighted by Gasteiger charge is 2.51. The number of benzene rings is 2. The van der Waals surface area contributed by atoms with Crippen LogP contribution in [0.5, 0.6) is 0 Å². The van der Waals surface area contributed by atoms with E-state index in [4.69, 9.17) is 0 Å². The molecule has 0 radical (unpaired) electrons. The molecule has 25 heavy (non-hydrogen) atoms. The van der Waals surface area contributed by atoms with Crippen LogP contribution in [0.1, 0.15) is 16.7 Å². The van der Waals surface area contributed by atoms with Crippen molar-refractivity contribution in [3.8, 4) is 0 Å². The van der Waals surface area contributed by atoms with Crippen molar-refractivity contribution in [2.75, 3.05) is 0 Å². The molecule has 1 atom stereocenters. The number of hydrogen-bond acceptors (Lipinski definition) is 0. The fourth-order valence-electron chi connectivity index (χ4n) is 2.21. The first kappa shape index (κ1) is 19.6. The Bertz CT molecular complexity index is 743. The van der Waals surface area contributed by atoms with Gasteiger partial charge in [-0.15, -0.1) is 0 Å². The first-order valence-electron chi connectivity index (χ1n) is 6.52. The summed E-state index contributed by atoms with van der Waals surface area (Å²) in [6, 6.07) is 7.73. The minimum atomic E-state index is -5.81. The molecule has 10 heteroatoms. The van der Waals surface area contributed by atoms with E-state index in [-0.39, 0.29) is 11.4 Å². The maximum atomic E-state index is 13.2. The molecule has 0 saturated heterocycles. The summed E-state index contributed by atoms with van der Waals surface area (Å²) in [6.07, 6.45) is -17.0. The molecule has 1 unspecified atom stereocenters. The zero-order chi connectivity index (χ0) is 19.0. The Labute approximate surface area is 137 Å². The Balaban J connectivity index is 2.78. The maximum absolute atomic E-state index is 13.2. The third-order valence-electron chi connectivity index (χ3n) is 3.13. The van der Waals surface area contributed by atoms with Gasteiger partial charge in [0.25, 0.3) is 0 Å². The molecule has 0 nitrogen and oxygen atoms in total. The van der Waals surface area contributed by atoms with Crippen LogP contribution in [0, 0.1) is 0 Å². The van der Waals surface area contributed by atoms with Crippen molar-refractivity contribution in [3.63, 3.8) is 0 Å². The summed E-state index contributed by atoms with van der Waals surface area (Å²) in [5.74, 6) is 0. The fourth-order valence-corrected chi connectivity index (χ4v) is 3.44. The number of halogens is 9. The van der Waals surface area contributed by atoms with Crippen LogP contribution in [0.15, 0.2) is 42.5 Å². The van der Waals surface area contributed by atoms with E-state index in [9.17, 15) is 39.5 Å². The molecule has 0 N–H and O–H groups in total. The fraction of sp³-hybridized carbons (Fsp3) is 0.200. The maximum Gasteiger partial charge on any atom is 0.417 e. The highest BCUT2D eigenvalue weighted by atomic mass is 31.1. The molecule has 0 saturated carbocycles. The predicted octanol–water partition coefficient (Wildman–Crippen LogP) is 5.37. The van der Waals surface area contributed by atoms with E-state index in [1.165, 1.54) is 24.3 Å². The van der Waals surface area contributed by atoms with Gasteiger partial charge in [-0.25, -0.2) is 0 Å². The van der Waals surface area contributed by atoms with Gasteiger partial charge >= 0.3 is 18.5 Å². The summed E-state index contributed by atoms with van der Waals surface area (Å²) < 4.78 is 118. The molecule has 0 aliphatic rings. The quantitative estimate of drug-likeness (QED) is 0.478. The van der Waals surface area contributed by atoms with Crippen molar-refractivity contribution in [2.45, 2.75) is 18.5 Å². The lowest BCUT2D eigenvalue weighted by Crippen LogP contribution is -2.29. The molecule has 0 aromatic heterocycles. The van der Waals surface area contributed by atoms with E-state index in [1.807, 2.05) is 0 Å². The van der Waals surface area contributed by atoms with Crippen molar-refractivity contribution >= 4 is 19.2 Å². The number of alkyl halides is 9. The van der Waals surface area contributed by atoms with E-state index in [0.29, 0.717) is 6.07 Å². The van der Waals surface area contributed by atoms with Gasteiger partial charge in [0.15, 0.2) is 0 Å². The van der Waals surface area contributed by atoms with Gasteiger partial charge in [-0.3, -0.25) is 0 Å². The monoisotopic (exact) mass is 390 g/mol. The molecule has 0 aliphatic heterocycles. The van der Waals surface area contributed by atoms with Crippen molar-refractivity contribution in [1.82, 2.24) is 0 Å². The van der Waals surface area contributed by atoms with Crippen LogP contribution >= 0.6 is 8.58 Å². The van der Waals surface area contributed by atoms with Gasteiger partial charge in [0, 0.05) is 0 Å². The zero-order valence-corrected chi connectivity index (χ0v) is 12.9. The Hall–Kier alpha value is -1.76. The lowest BCUT2D eigenvalue weighted by atomic mass is 9.99. The summed E-state index contributed by atoms with van der Waals surface area (Å²) in [5, 5.41) is -0.583. The Morgan fingerprint density at radius 2 is 1.08 bits per heavy atom. The summed E-state index contributed by atoms with van der Waals surface area (Å²) in [5.41, 5.74) is -7.35. The molecule has 0 fully saturated rings. The standard InChI is InChI=1S/C15H8F9P/c16-13(17,18)9-6-7-10(25-8-4-2-1-3-5-8)12(15(22,23)24)11(9)14(19,20)21/h1-7,25H. The highest BCUT2D eigenvalue weighted by Crippen LogP contribution is 2.46. The van der Waals surface area contributed by atoms with Crippen LogP contribution in [-0.2, 0) is 18.5 Å². The first-order chi connectivity index (χ1) is 11.3. The summed E-state index contributed by atoms with van der Waals surface area (Å²) in [6.45, 7) is 0. The van der Waals surface area contributed by atoms with Gasteiger partial charge in [-0.05, 0) is 16.7 Å². The molecule has 2 aromatic rings. The van der Waals surface area contributed by atoms with Gasteiger partial charge in [0.2, 0.25) is 0 Å². The van der Waals surface area contributed by atoms with E-state index in [2.05, 4.69) is 0 Å². The average Bonchev–Trinajstić information content (AvgIpc) is 2.44. The molecular formula is C15H8F9P. The summed E-state index contributed by atoms with van der Waals surface area (Å²) >= 11 is 0. The van der Waals surface area contributed by atoms with E-state index in [0.717, 1.165) is 0 Å². The van der Waals surface area contributed by atoms with E-state index in [1.54, 1.807) is 6.07 Å². The van der Waals surface area contributed by atoms with Crippen molar-refractivity contribution in [2.24, 2.45) is 0 Å². The molecule has 0 amide bonds. The average molecular weight is 390 g/mol. The predicted molar refractivity (Wildman–Crippen MR) is 75.5 cm³/mol. The van der Waals surface area contributed by atoms with Crippen LogP contribution < -0.4 is 10.6 Å². The lowest BCUT2D eigenvalue weighted by Gasteiger charge is -2.23. The summed E-state index contributed by atoms with van der Waals surface area (Å²) in [4.78, 5) is 0. The van der Waals surface area contributed by atoms with E-state index < -0.39 is 49.1 Å². The topological polar surface area (TPSA) is 0 Å². The number of rotatable bonds is 2. The second-order valence-electron chi connectivity index (χ2n) is 4.89. The van der Waals surface area contributed by atoms with Crippen LogP contribution in [-0.4, -0.2) is 0 Å². The van der Waals surface area contributed by atoms with Crippen LogP contribution in [0.25, 0.3) is 0 Å². The van der Waals surface area contributed by atoms with Gasteiger partial charge in [0.05, 0.1) is 16.7 Å². The minimum absolute atomic E-state index is 0.0450. The van der Waals surface area contributed by atoms with Crippen molar-refractivity contribution < 1.29 is 39.5 Å². The minimum Gasteiger partial charge on any atom is -0.166 e. The van der Waals surface area contributed by atoms with Crippen molar-refractivity contribution in [1.29, 1.82) is 0 Å². The second kappa shape index (κ2) is 6.52. The molecule has 0 aliphatic carbocycles. The second-order valence-corrected chi connectivity index (χ2v) is 6.26. The molecule has 0 bridgehead atoms. The Morgan fingerprint density at radius 3 is 1.52 bits per heavy atom. The lowest BCUT2D eigenvalue weighted by molar-refractivity contribution is -0.174. The third kappa shape index (κ3) is 4.45. The molecule has 0 heterocycles. The summed E-state index contributed by atoms with van der Waals surface area (Å²) in [7, 11) is -0.883. The Kier molecular flexibility index (Phi) is 5.10. The smallest absolute Gasteiger partial charge is 0.166 e. The van der Waals surface area contributed by atoms with E-state index >= 15 is 0 Å². The van der Waals surface area contributed by atoms with Crippen LogP contribution in [0.4, 0.5) is 39.5 Å². The highest BCUT2D eigenvalue weighted by molar-refractivity contribution is 7.55. The normalized spacial score (nSPS) is 13.6. The molecule has 2 rings (SSSR count). The van der Waals surface area contributed by atoms with Gasteiger partial charge in [-0.2, -0.15) is 39.5 Å². The number of hydrogen-bond donors (Lipinski definition) is 0. The molecule has 0 spiro atoms. The van der Waals surface area contributed by atoms with Gasteiger partial charge in [0.1, 0.15) is 0 Å². The third-order valence-corrected chi connectivity index (χ3v) is 4.44. The van der Waals surface area contributed by atoms with Crippen LogP contribution in [0.3, 0.4) is 0 Å². The molecule has 2 aromatic carbocycles. The Morgan fingerprint density at radius 1 is 0.560 bits per heavy atom. The zero-order valence-electron chi connectivity index (χ0n) is 11.9. The first-order valence-corrected chi connectivity index (χ1v) is 7.52. The molecular weight excluding hydrogens is 382 g/mol. The van der Waals surface area contributed by atoms with Crippen LogP contribution in [0.2, 0.25) is 0 Å². The SMILES string of the molecule is FC(F)(F)c1ccc(Pc2ccccc2)c(C(F)(F)F)c1C(F)(F)F. The molecule has 136 valence electrons. The van der Waals surface area contributed by atoms with Gasteiger partial charge in [-0.1, -0.05) is 45.0 Å². The van der Waals surface area contributed by atoms with Gasteiger partial charge < -0.3 is 0 Å².